The molecule has 0 atom stereocenters. The molecule has 0 fully saturated rings. The number of nitriles is 1. The van der Waals surface area contributed by atoms with Gasteiger partial charge in [-0.15, -0.1) is 0 Å². The van der Waals surface area contributed by atoms with Crippen LogP contribution in [0.15, 0.2) is 30.6 Å². The van der Waals surface area contributed by atoms with Gasteiger partial charge in [0, 0.05) is 17.4 Å². The Morgan fingerprint density at radius 2 is 2.27 bits per heavy atom. The number of aryl methyl sites for hydroxylation is 1. The standard InChI is InChI=1S/C11H8ClN3/c1-8-14-4-5-15(8)11-6-10(12)3-2-9(11)7-13/h2-6H,1H3. The Bertz CT molecular complexity index is 537. The molecule has 0 amide bonds. The molecule has 2 rings (SSSR count). The van der Waals surface area contributed by atoms with Crippen molar-refractivity contribution >= 4 is 11.6 Å². The topological polar surface area (TPSA) is 41.6 Å². The van der Waals surface area contributed by atoms with E-state index in [-0.39, 0.29) is 0 Å². The van der Waals surface area contributed by atoms with Crippen molar-refractivity contribution in [2.75, 3.05) is 0 Å². The molecule has 0 N–H and O–H groups in total. The van der Waals surface area contributed by atoms with E-state index in [0.717, 1.165) is 11.5 Å². The van der Waals surface area contributed by atoms with Crippen LogP contribution in [0.4, 0.5) is 0 Å². The summed E-state index contributed by atoms with van der Waals surface area (Å²) in [7, 11) is 0. The van der Waals surface area contributed by atoms with Gasteiger partial charge in [-0.25, -0.2) is 4.98 Å². The van der Waals surface area contributed by atoms with Crippen LogP contribution in [0.2, 0.25) is 5.02 Å². The van der Waals surface area contributed by atoms with Crippen molar-refractivity contribution in [1.82, 2.24) is 9.55 Å². The quantitative estimate of drug-likeness (QED) is 0.737. The number of benzene rings is 1. The molecule has 0 radical (unpaired) electrons. The lowest BCUT2D eigenvalue weighted by Crippen LogP contribution is -1.98. The third-order valence-electron chi connectivity index (χ3n) is 2.17. The molecule has 0 aliphatic heterocycles. The highest BCUT2D eigenvalue weighted by Gasteiger charge is 2.06. The molecule has 15 heavy (non-hydrogen) atoms. The highest BCUT2D eigenvalue weighted by atomic mass is 35.5. The second-order valence-corrected chi connectivity index (χ2v) is 3.55. The Morgan fingerprint density at radius 1 is 1.47 bits per heavy atom. The van der Waals surface area contributed by atoms with Crippen molar-refractivity contribution in [3.05, 3.63) is 47.0 Å². The summed E-state index contributed by atoms with van der Waals surface area (Å²) in [5.41, 5.74) is 1.35. The number of hydrogen-bond donors (Lipinski definition) is 0. The van der Waals surface area contributed by atoms with Crippen molar-refractivity contribution in [3.63, 3.8) is 0 Å². The van der Waals surface area contributed by atoms with E-state index in [9.17, 15) is 0 Å². The lowest BCUT2D eigenvalue weighted by Gasteiger charge is -2.07. The first kappa shape index (κ1) is 9.75. The second kappa shape index (κ2) is 3.76. The average molecular weight is 218 g/mol. The Hall–Kier alpha value is -1.79. The average Bonchev–Trinajstić information content (AvgIpc) is 2.64. The molecule has 4 heteroatoms. The molecule has 0 saturated carbocycles. The van der Waals surface area contributed by atoms with Crippen LogP contribution >= 0.6 is 11.6 Å². The van der Waals surface area contributed by atoms with Crippen molar-refractivity contribution < 1.29 is 0 Å². The smallest absolute Gasteiger partial charge is 0.110 e. The largest absolute Gasteiger partial charge is 0.303 e. The van der Waals surface area contributed by atoms with Crippen LogP contribution in [0.25, 0.3) is 5.69 Å². The maximum atomic E-state index is 8.97. The first-order valence-corrected chi connectivity index (χ1v) is 4.80. The van der Waals surface area contributed by atoms with E-state index in [2.05, 4.69) is 11.1 Å². The summed E-state index contributed by atoms with van der Waals surface area (Å²) >= 11 is 5.90. The molecule has 0 saturated heterocycles. The van der Waals surface area contributed by atoms with Crippen LogP contribution in [0.1, 0.15) is 11.4 Å². The Kier molecular flexibility index (Phi) is 2.44. The van der Waals surface area contributed by atoms with Crippen LogP contribution in [0, 0.1) is 18.3 Å². The molecule has 0 aliphatic rings. The van der Waals surface area contributed by atoms with Gasteiger partial charge >= 0.3 is 0 Å². The van der Waals surface area contributed by atoms with Crippen molar-refractivity contribution in [3.8, 4) is 11.8 Å². The fraction of sp³-hybridized carbons (Fsp3) is 0.0909. The summed E-state index contributed by atoms with van der Waals surface area (Å²) < 4.78 is 1.84. The van der Waals surface area contributed by atoms with Crippen LogP contribution in [-0.2, 0) is 0 Å². The molecule has 1 aromatic carbocycles. The third-order valence-corrected chi connectivity index (χ3v) is 2.40. The molecule has 0 bridgehead atoms. The Morgan fingerprint density at radius 3 is 2.87 bits per heavy atom. The van der Waals surface area contributed by atoms with Gasteiger partial charge in [-0.1, -0.05) is 11.6 Å². The molecule has 3 nitrogen and oxygen atoms in total. The number of aromatic nitrogens is 2. The minimum atomic E-state index is 0.584. The van der Waals surface area contributed by atoms with E-state index in [4.69, 9.17) is 16.9 Å². The van der Waals surface area contributed by atoms with Crippen molar-refractivity contribution in [1.29, 1.82) is 5.26 Å². The highest BCUT2D eigenvalue weighted by molar-refractivity contribution is 6.30. The lowest BCUT2D eigenvalue weighted by atomic mass is 10.2. The van der Waals surface area contributed by atoms with Crippen LogP contribution < -0.4 is 0 Å². The number of imidazole rings is 1. The van der Waals surface area contributed by atoms with Gasteiger partial charge in [-0.3, -0.25) is 0 Å². The molecule has 0 unspecified atom stereocenters. The van der Waals surface area contributed by atoms with Gasteiger partial charge in [-0.05, 0) is 25.1 Å². The minimum Gasteiger partial charge on any atom is -0.303 e. The van der Waals surface area contributed by atoms with Crippen LogP contribution in [-0.4, -0.2) is 9.55 Å². The summed E-state index contributed by atoms with van der Waals surface area (Å²) in [6.07, 6.45) is 3.50. The molecule has 0 aliphatic carbocycles. The molecule has 74 valence electrons. The van der Waals surface area contributed by atoms with Crippen LogP contribution in [0.3, 0.4) is 0 Å². The molecule has 2 aromatic rings. The predicted octanol–water partition coefficient (Wildman–Crippen LogP) is 2.71. The van der Waals surface area contributed by atoms with Crippen molar-refractivity contribution in [2.24, 2.45) is 0 Å². The molecule has 0 spiro atoms. The number of rotatable bonds is 1. The van der Waals surface area contributed by atoms with E-state index < -0.39 is 0 Å². The lowest BCUT2D eigenvalue weighted by molar-refractivity contribution is 0.971. The van der Waals surface area contributed by atoms with Crippen LogP contribution in [0.5, 0.6) is 0 Å². The van der Waals surface area contributed by atoms with E-state index >= 15 is 0 Å². The van der Waals surface area contributed by atoms with Gasteiger partial charge in [0.15, 0.2) is 0 Å². The minimum absolute atomic E-state index is 0.584. The first-order chi connectivity index (χ1) is 7.22. The van der Waals surface area contributed by atoms with Gasteiger partial charge in [0.2, 0.25) is 0 Å². The molecule has 1 aromatic heterocycles. The van der Waals surface area contributed by atoms with Gasteiger partial charge in [-0.2, -0.15) is 5.26 Å². The zero-order chi connectivity index (χ0) is 10.8. The summed E-state index contributed by atoms with van der Waals surface area (Å²) in [5, 5.41) is 9.58. The monoisotopic (exact) mass is 217 g/mol. The molecular formula is C11H8ClN3. The van der Waals surface area contributed by atoms with Gasteiger partial charge in [0.1, 0.15) is 11.9 Å². The van der Waals surface area contributed by atoms with E-state index in [1.165, 1.54) is 0 Å². The predicted molar refractivity (Wildman–Crippen MR) is 58.0 cm³/mol. The second-order valence-electron chi connectivity index (χ2n) is 3.12. The number of hydrogen-bond acceptors (Lipinski definition) is 2. The highest BCUT2D eigenvalue weighted by Crippen LogP contribution is 2.20. The summed E-state index contributed by atoms with van der Waals surface area (Å²) in [6.45, 7) is 1.88. The number of halogens is 1. The molecular weight excluding hydrogens is 210 g/mol. The summed E-state index contributed by atoms with van der Waals surface area (Å²) in [5.74, 6) is 0.828. The SMILES string of the molecule is Cc1nccn1-c1cc(Cl)ccc1C#N. The van der Waals surface area contributed by atoms with Gasteiger partial charge in [0.05, 0.1) is 11.3 Å². The van der Waals surface area contributed by atoms with E-state index in [0.29, 0.717) is 10.6 Å². The maximum absolute atomic E-state index is 8.97. The van der Waals surface area contributed by atoms with E-state index in [1.54, 1.807) is 24.4 Å². The Balaban J connectivity index is 2.67. The van der Waals surface area contributed by atoms with Crippen molar-refractivity contribution in [2.45, 2.75) is 6.92 Å². The van der Waals surface area contributed by atoms with Gasteiger partial charge in [0.25, 0.3) is 0 Å². The number of nitrogens with zero attached hydrogens (tertiary/aromatic N) is 3. The molecule has 1 heterocycles. The maximum Gasteiger partial charge on any atom is 0.110 e. The van der Waals surface area contributed by atoms with E-state index in [1.807, 2.05) is 17.7 Å². The zero-order valence-electron chi connectivity index (χ0n) is 8.11. The third kappa shape index (κ3) is 1.72. The van der Waals surface area contributed by atoms with Gasteiger partial charge < -0.3 is 4.57 Å². The summed E-state index contributed by atoms with van der Waals surface area (Å²) in [4.78, 5) is 4.11. The fourth-order valence-corrected chi connectivity index (χ4v) is 1.60. The fourth-order valence-electron chi connectivity index (χ4n) is 1.43. The zero-order valence-corrected chi connectivity index (χ0v) is 8.86. The normalized spacial score (nSPS) is 9.93. The first-order valence-electron chi connectivity index (χ1n) is 4.42. The summed E-state index contributed by atoms with van der Waals surface area (Å²) in [6, 6.07) is 7.30. The Labute approximate surface area is 92.6 Å².